The summed E-state index contributed by atoms with van der Waals surface area (Å²) in [6.07, 6.45) is 2.55. The molecule has 1 aromatic heterocycles. The standard InChI is InChI=1S/C17H17NO6/c1-9-13(23-8-14(19)18-7-15(20)21)6-5-11-10-3-2-4-12(10)17(22)24-16(9)11/h5-6H,2-4,7-8H2,1H3,(H,18,19)(H,20,21). The Kier molecular flexibility index (Phi) is 4.24. The molecule has 1 aliphatic rings. The molecule has 2 aromatic rings. The van der Waals surface area contributed by atoms with Gasteiger partial charge in [0.25, 0.3) is 5.91 Å². The average molecular weight is 331 g/mol. The van der Waals surface area contributed by atoms with Crippen LogP contribution in [0.2, 0.25) is 0 Å². The number of nitrogens with one attached hydrogen (secondary N) is 1. The number of benzene rings is 1. The Labute approximate surface area is 137 Å². The van der Waals surface area contributed by atoms with Gasteiger partial charge < -0.3 is 19.6 Å². The Morgan fingerprint density at radius 1 is 1.29 bits per heavy atom. The molecule has 0 aliphatic heterocycles. The van der Waals surface area contributed by atoms with Crippen LogP contribution < -0.4 is 15.7 Å². The number of ether oxygens (including phenoxy) is 1. The molecule has 24 heavy (non-hydrogen) atoms. The highest BCUT2D eigenvalue weighted by atomic mass is 16.5. The van der Waals surface area contributed by atoms with Crippen molar-refractivity contribution in [2.45, 2.75) is 26.2 Å². The summed E-state index contributed by atoms with van der Waals surface area (Å²) in [6.45, 7) is 0.992. The second-order valence-corrected chi connectivity index (χ2v) is 5.72. The maximum absolute atomic E-state index is 12.1. The monoisotopic (exact) mass is 331 g/mol. The van der Waals surface area contributed by atoms with Crippen LogP contribution in [0.4, 0.5) is 0 Å². The molecule has 0 unspecified atom stereocenters. The van der Waals surface area contributed by atoms with Crippen LogP contribution in [0.5, 0.6) is 5.75 Å². The van der Waals surface area contributed by atoms with Gasteiger partial charge in [0.1, 0.15) is 17.9 Å². The summed E-state index contributed by atoms with van der Waals surface area (Å²) in [5, 5.41) is 11.6. The minimum absolute atomic E-state index is 0.311. The number of hydrogen-bond donors (Lipinski definition) is 2. The lowest BCUT2D eigenvalue weighted by molar-refractivity contribution is -0.138. The number of fused-ring (bicyclic) bond motifs is 3. The van der Waals surface area contributed by atoms with Crippen molar-refractivity contribution in [3.05, 3.63) is 39.2 Å². The smallest absolute Gasteiger partial charge is 0.339 e. The zero-order chi connectivity index (χ0) is 17.3. The molecule has 1 amide bonds. The zero-order valence-electron chi connectivity index (χ0n) is 13.2. The van der Waals surface area contributed by atoms with E-state index >= 15 is 0 Å². The van der Waals surface area contributed by atoms with Crippen molar-refractivity contribution < 1.29 is 23.8 Å². The summed E-state index contributed by atoms with van der Waals surface area (Å²) in [6, 6.07) is 3.57. The number of carboxylic acid groups (broad SMARTS) is 1. The molecule has 126 valence electrons. The number of carbonyl (C=O) groups is 2. The first-order valence-corrected chi connectivity index (χ1v) is 7.67. The van der Waals surface area contributed by atoms with Gasteiger partial charge in [0.2, 0.25) is 0 Å². The van der Waals surface area contributed by atoms with Gasteiger partial charge in [-0.3, -0.25) is 9.59 Å². The van der Waals surface area contributed by atoms with E-state index in [1.54, 1.807) is 13.0 Å². The van der Waals surface area contributed by atoms with Crippen molar-refractivity contribution in [2.75, 3.05) is 13.2 Å². The molecule has 1 heterocycles. The summed E-state index contributed by atoms with van der Waals surface area (Å²) in [5.74, 6) is -1.23. The van der Waals surface area contributed by atoms with Crippen LogP contribution in [0.1, 0.15) is 23.1 Å². The number of carboxylic acids is 1. The first kappa shape index (κ1) is 16.0. The first-order chi connectivity index (χ1) is 11.5. The molecule has 1 aromatic carbocycles. The maximum atomic E-state index is 12.1. The normalized spacial score (nSPS) is 12.9. The number of hydrogen-bond acceptors (Lipinski definition) is 5. The molecule has 0 saturated carbocycles. The Hall–Kier alpha value is -2.83. The average Bonchev–Trinajstić information content (AvgIpc) is 3.03. The minimum Gasteiger partial charge on any atom is -0.483 e. The van der Waals surface area contributed by atoms with Gasteiger partial charge in [-0.2, -0.15) is 0 Å². The van der Waals surface area contributed by atoms with Crippen molar-refractivity contribution in [1.29, 1.82) is 0 Å². The predicted octanol–water partition coefficient (Wildman–Crippen LogP) is 1.17. The summed E-state index contributed by atoms with van der Waals surface area (Å²) < 4.78 is 10.9. The second-order valence-electron chi connectivity index (χ2n) is 5.72. The van der Waals surface area contributed by atoms with E-state index in [4.69, 9.17) is 14.3 Å². The van der Waals surface area contributed by atoms with Gasteiger partial charge in [-0.15, -0.1) is 0 Å². The highest BCUT2D eigenvalue weighted by molar-refractivity contribution is 5.86. The van der Waals surface area contributed by atoms with E-state index in [2.05, 4.69) is 5.32 Å². The number of aliphatic carboxylic acids is 1. The van der Waals surface area contributed by atoms with E-state index in [0.717, 1.165) is 35.8 Å². The lowest BCUT2D eigenvalue weighted by atomic mass is 10.0. The molecule has 2 N–H and O–H groups in total. The van der Waals surface area contributed by atoms with Gasteiger partial charge in [0.05, 0.1) is 0 Å². The molecule has 7 heteroatoms. The molecular weight excluding hydrogens is 314 g/mol. The number of amides is 1. The maximum Gasteiger partial charge on any atom is 0.339 e. The molecule has 0 saturated heterocycles. The largest absolute Gasteiger partial charge is 0.483 e. The predicted molar refractivity (Wildman–Crippen MR) is 85.4 cm³/mol. The third kappa shape index (κ3) is 2.97. The van der Waals surface area contributed by atoms with Crippen molar-refractivity contribution in [2.24, 2.45) is 0 Å². The molecule has 1 aliphatic carbocycles. The number of rotatable bonds is 5. The van der Waals surface area contributed by atoms with Crippen LogP contribution in [-0.2, 0) is 22.4 Å². The van der Waals surface area contributed by atoms with Crippen molar-refractivity contribution in [3.8, 4) is 5.75 Å². The SMILES string of the molecule is Cc1c(OCC(=O)NCC(=O)O)ccc2c3c(c(=O)oc12)CCC3. The van der Waals surface area contributed by atoms with Crippen molar-refractivity contribution in [1.82, 2.24) is 5.32 Å². The van der Waals surface area contributed by atoms with E-state index in [1.807, 2.05) is 6.07 Å². The molecule has 0 fully saturated rings. The Bertz CT molecular complexity index is 883. The van der Waals surface area contributed by atoms with Crippen LogP contribution in [0, 0.1) is 6.92 Å². The highest BCUT2D eigenvalue weighted by Crippen LogP contribution is 2.32. The molecule has 0 atom stereocenters. The molecule has 0 bridgehead atoms. The lowest BCUT2D eigenvalue weighted by Crippen LogP contribution is -2.33. The topological polar surface area (TPSA) is 106 Å². The lowest BCUT2D eigenvalue weighted by Gasteiger charge is -2.12. The molecule has 7 nitrogen and oxygen atoms in total. The van der Waals surface area contributed by atoms with Crippen LogP contribution in [-0.4, -0.2) is 30.1 Å². The van der Waals surface area contributed by atoms with Crippen molar-refractivity contribution in [3.63, 3.8) is 0 Å². The van der Waals surface area contributed by atoms with Crippen LogP contribution >= 0.6 is 0 Å². The fourth-order valence-corrected chi connectivity index (χ4v) is 2.99. The van der Waals surface area contributed by atoms with E-state index in [-0.39, 0.29) is 12.2 Å². The third-order valence-electron chi connectivity index (χ3n) is 4.14. The quantitative estimate of drug-likeness (QED) is 0.797. The summed E-state index contributed by atoms with van der Waals surface area (Å²) in [7, 11) is 0. The van der Waals surface area contributed by atoms with E-state index < -0.39 is 18.4 Å². The van der Waals surface area contributed by atoms with Gasteiger partial charge in [-0.1, -0.05) is 0 Å². The van der Waals surface area contributed by atoms with Gasteiger partial charge in [0.15, 0.2) is 6.61 Å². The summed E-state index contributed by atoms with van der Waals surface area (Å²) in [5.41, 5.74) is 2.60. The van der Waals surface area contributed by atoms with E-state index in [0.29, 0.717) is 16.9 Å². The molecule has 0 spiro atoms. The van der Waals surface area contributed by atoms with Gasteiger partial charge in [-0.25, -0.2) is 4.79 Å². The fourth-order valence-electron chi connectivity index (χ4n) is 2.99. The Balaban J connectivity index is 1.84. The molecular formula is C17H17NO6. The van der Waals surface area contributed by atoms with E-state index in [1.165, 1.54) is 0 Å². The second kappa shape index (κ2) is 6.35. The number of carbonyl (C=O) groups excluding carboxylic acids is 1. The third-order valence-corrected chi connectivity index (χ3v) is 4.14. The molecule has 3 rings (SSSR count). The molecule has 0 radical (unpaired) electrons. The Morgan fingerprint density at radius 2 is 2.04 bits per heavy atom. The highest BCUT2D eigenvalue weighted by Gasteiger charge is 2.21. The van der Waals surface area contributed by atoms with Gasteiger partial charge in [0, 0.05) is 16.5 Å². The van der Waals surface area contributed by atoms with Crippen molar-refractivity contribution >= 4 is 22.8 Å². The summed E-state index contributed by atoms with van der Waals surface area (Å²) >= 11 is 0. The van der Waals surface area contributed by atoms with Gasteiger partial charge in [-0.05, 0) is 43.9 Å². The summed E-state index contributed by atoms with van der Waals surface area (Å²) in [4.78, 5) is 34.0. The Morgan fingerprint density at radius 3 is 2.79 bits per heavy atom. The van der Waals surface area contributed by atoms with Crippen LogP contribution in [0.3, 0.4) is 0 Å². The fraction of sp³-hybridized carbons (Fsp3) is 0.353. The minimum atomic E-state index is -1.12. The van der Waals surface area contributed by atoms with Crippen LogP contribution in [0.25, 0.3) is 11.0 Å². The van der Waals surface area contributed by atoms with E-state index in [9.17, 15) is 14.4 Å². The number of aryl methyl sites for hydroxylation is 2. The van der Waals surface area contributed by atoms with Crippen LogP contribution in [0.15, 0.2) is 21.3 Å². The zero-order valence-corrected chi connectivity index (χ0v) is 13.2. The first-order valence-electron chi connectivity index (χ1n) is 7.67. The van der Waals surface area contributed by atoms with Gasteiger partial charge >= 0.3 is 11.6 Å².